The third kappa shape index (κ3) is 9.29. The van der Waals surface area contributed by atoms with Gasteiger partial charge >= 0.3 is 5.97 Å². The van der Waals surface area contributed by atoms with Crippen molar-refractivity contribution in [2.75, 3.05) is 33.3 Å². The van der Waals surface area contributed by atoms with Crippen LogP contribution in [0, 0.1) is 30.1 Å². The number of ether oxygens (including phenoxy) is 1. The Kier molecular flexibility index (Phi) is 13.4. The minimum Gasteiger partial charge on any atom is -0.508 e. The van der Waals surface area contributed by atoms with Crippen LogP contribution in [-0.4, -0.2) is 111 Å². The first-order valence-corrected chi connectivity index (χ1v) is 22.6. The summed E-state index contributed by atoms with van der Waals surface area (Å²) in [5, 5.41) is 18.1. The summed E-state index contributed by atoms with van der Waals surface area (Å²) in [5.74, 6) is -2.08. The highest BCUT2D eigenvalue weighted by atomic mass is 16.5. The van der Waals surface area contributed by atoms with E-state index >= 15 is 0 Å². The average molecular weight is 875 g/mol. The van der Waals surface area contributed by atoms with Gasteiger partial charge < -0.3 is 24.6 Å². The van der Waals surface area contributed by atoms with Gasteiger partial charge in [-0.2, -0.15) is 0 Å². The van der Waals surface area contributed by atoms with Gasteiger partial charge in [-0.1, -0.05) is 64.6 Å². The Hall–Kier alpha value is -6.02. The van der Waals surface area contributed by atoms with Gasteiger partial charge in [-0.05, 0) is 110 Å². The summed E-state index contributed by atoms with van der Waals surface area (Å²) in [4.78, 5) is 71.5. The number of aryl methyl sites for hydroxylation is 3. The van der Waals surface area contributed by atoms with E-state index in [9.17, 15) is 29.2 Å². The average Bonchev–Trinajstić information content (AvgIpc) is 3.87. The molecule has 3 amide bonds. The Morgan fingerprint density at radius 1 is 1.06 bits per heavy atom. The number of esters is 1. The van der Waals surface area contributed by atoms with Crippen LogP contribution in [0.25, 0.3) is 33.3 Å². The van der Waals surface area contributed by atoms with Crippen molar-refractivity contribution in [3.63, 3.8) is 0 Å². The molecule has 3 N–H and O–H groups in total. The number of nitrogens with one attached hydrogen (secondary N) is 2. The Morgan fingerprint density at radius 2 is 1.80 bits per heavy atom. The van der Waals surface area contributed by atoms with Gasteiger partial charge in [0.05, 0.1) is 30.8 Å². The zero-order valence-electron chi connectivity index (χ0n) is 38.6. The van der Waals surface area contributed by atoms with Gasteiger partial charge in [0.25, 0.3) is 11.9 Å². The standard InChI is InChI=1S/C50H63N7O7/c1-10-43(59)54-21-19-36(28-54)57(63)53(9)45(30(3)4)47(60)51-41-24-33-22-35(25-37(58)23-33)34-17-18-42-38(26-34)39(46(55(42)11-2)44-31(5)14-12-15-32(44)6)27-50(7,8)29-64-49(62)40-16-13-20-56(52-40)48(41)61/h10,12,14-15,17-18,22-23,25-26,30,36,40-41,45,52H,1,11,13,16,19-21,24,27-29H2,2-9H3,(H-,51,58,60)/p+1/t36-,40-,41-,45-/m0/s1. The van der Waals surface area contributed by atoms with E-state index in [-0.39, 0.29) is 43.7 Å². The molecule has 3 aromatic carbocycles. The molecule has 64 heavy (non-hydrogen) atoms. The molecular weight excluding hydrogens is 811 g/mol. The predicted molar refractivity (Wildman–Crippen MR) is 247 cm³/mol. The Morgan fingerprint density at radius 3 is 2.48 bits per heavy atom. The summed E-state index contributed by atoms with van der Waals surface area (Å²) in [6.07, 6.45) is 3.23. The number of rotatable bonds is 9. The number of nitroso groups, excluding NO2 is 1. The second-order valence-corrected chi connectivity index (χ2v) is 19.0. The number of likely N-dealkylation sites (tertiary alicyclic amines) is 1. The van der Waals surface area contributed by atoms with Gasteiger partial charge in [0.1, 0.15) is 22.7 Å². The molecule has 1 aromatic heterocycles. The molecule has 4 atom stereocenters. The lowest BCUT2D eigenvalue weighted by Gasteiger charge is -2.36. The van der Waals surface area contributed by atoms with Gasteiger partial charge in [0, 0.05) is 54.4 Å². The van der Waals surface area contributed by atoms with Crippen LogP contribution in [0.4, 0.5) is 0 Å². The van der Waals surface area contributed by atoms with E-state index in [4.69, 9.17) is 4.74 Å². The number of carbonyl (C=O) groups is 4. The van der Waals surface area contributed by atoms with Crippen molar-refractivity contribution in [1.82, 2.24) is 30.2 Å². The van der Waals surface area contributed by atoms with Gasteiger partial charge in [-0.15, -0.1) is 5.01 Å². The topological polar surface area (TPSA) is 157 Å². The number of aromatic hydroxyl groups is 1. The maximum atomic E-state index is 14.7. The van der Waals surface area contributed by atoms with Crippen molar-refractivity contribution in [3.05, 3.63) is 94.4 Å². The van der Waals surface area contributed by atoms with Gasteiger partial charge in [0.2, 0.25) is 11.8 Å². The second-order valence-electron chi connectivity index (χ2n) is 19.0. The maximum absolute atomic E-state index is 14.7. The lowest BCUT2D eigenvalue weighted by Crippen LogP contribution is -2.62. The Labute approximate surface area is 376 Å². The van der Waals surface area contributed by atoms with Crippen LogP contribution in [0.2, 0.25) is 0 Å². The molecular formula is C50H64N7O7+. The van der Waals surface area contributed by atoms with Crippen LogP contribution < -0.4 is 10.7 Å². The SMILES string of the molecule is C=CC(=O)N1CC[C@H]([N+](=O)N(C)[C@H](C(=O)N[C@H]2Cc3cc(O)cc(c3)-c3ccc4c(c3)c(c(-c3c(C)cccc3C)n4CC)CC(C)(C)COC(=O)[C@@H]3CCCN(N3)C2=O)C(C)C)C1. The molecule has 6 bridgehead atoms. The first-order valence-electron chi connectivity index (χ1n) is 22.6. The summed E-state index contributed by atoms with van der Waals surface area (Å²) in [7, 11) is 1.55. The lowest BCUT2D eigenvalue weighted by atomic mass is 9.83. The molecule has 2 saturated heterocycles. The van der Waals surface area contributed by atoms with E-state index in [0.717, 1.165) is 44.7 Å². The molecule has 0 radical (unpaired) electrons. The van der Waals surface area contributed by atoms with E-state index in [1.807, 2.05) is 26.0 Å². The number of fused-ring (bicyclic) bond motifs is 6. The first-order chi connectivity index (χ1) is 30.4. The summed E-state index contributed by atoms with van der Waals surface area (Å²) in [6.45, 7) is 19.6. The number of likely N-dealkylation sites (N-methyl/N-ethyl adjacent to an activating group) is 1. The zero-order chi connectivity index (χ0) is 46.2. The van der Waals surface area contributed by atoms with Gasteiger partial charge in [-0.3, -0.25) is 24.2 Å². The molecule has 4 heterocycles. The molecule has 3 aliphatic rings. The van der Waals surface area contributed by atoms with E-state index in [2.05, 4.69) is 86.8 Å². The van der Waals surface area contributed by atoms with Crippen molar-refractivity contribution in [3.8, 4) is 28.1 Å². The molecule has 0 aliphatic carbocycles. The number of hydrazine groups is 2. The molecule has 14 nitrogen and oxygen atoms in total. The van der Waals surface area contributed by atoms with Crippen LogP contribution in [0.5, 0.6) is 5.75 Å². The van der Waals surface area contributed by atoms with E-state index < -0.39 is 47.4 Å². The summed E-state index contributed by atoms with van der Waals surface area (Å²) < 4.78 is 8.47. The molecule has 0 unspecified atom stereocenters. The van der Waals surface area contributed by atoms with Crippen LogP contribution in [0.1, 0.15) is 76.1 Å². The number of hydrogen-bond donors (Lipinski definition) is 3. The molecule has 4 aromatic rings. The van der Waals surface area contributed by atoms with Crippen molar-refractivity contribution in [2.24, 2.45) is 11.3 Å². The van der Waals surface area contributed by atoms with Crippen LogP contribution in [-0.2, 0) is 43.3 Å². The smallest absolute Gasteiger partial charge is 0.324 e. The number of hydrogen-bond acceptors (Lipinski definition) is 8. The van der Waals surface area contributed by atoms with Gasteiger partial charge in [-0.25, -0.2) is 5.43 Å². The fourth-order valence-corrected chi connectivity index (χ4v) is 9.97. The minimum absolute atomic E-state index is 0.000734. The summed E-state index contributed by atoms with van der Waals surface area (Å²) >= 11 is 0. The number of carbonyl (C=O) groups excluding carboxylic acids is 4. The predicted octanol–water partition coefficient (Wildman–Crippen LogP) is 6.40. The molecule has 14 heteroatoms. The fourth-order valence-electron chi connectivity index (χ4n) is 9.97. The highest BCUT2D eigenvalue weighted by Gasteiger charge is 2.44. The minimum atomic E-state index is -1.16. The number of nitrogens with zero attached hydrogens (tertiary/aromatic N) is 5. The Bertz CT molecular complexity index is 2470. The van der Waals surface area contributed by atoms with Crippen molar-refractivity contribution >= 4 is 34.6 Å². The summed E-state index contributed by atoms with van der Waals surface area (Å²) in [5.41, 5.74) is 11.7. The molecule has 0 spiro atoms. The first kappa shape index (κ1) is 46.0. The van der Waals surface area contributed by atoms with E-state index in [0.29, 0.717) is 37.8 Å². The third-order valence-corrected chi connectivity index (χ3v) is 13.1. The number of aromatic nitrogens is 1. The largest absolute Gasteiger partial charge is 0.508 e. The van der Waals surface area contributed by atoms with Crippen molar-refractivity contribution in [2.45, 2.75) is 111 Å². The monoisotopic (exact) mass is 874 g/mol. The number of phenols is 1. The highest BCUT2D eigenvalue weighted by Crippen LogP contribution is 2.42. The quantitative estimate of drug-likeness (QED) is 0.0750. The number of benzene rings is 3. The zero-order valence-corrected chi connectivity index (χ0v) is 38.6. The number of amides is 3. The fraction of sp³-hybridized carbons (Fsp3) is 0.480. The Balaban J connectivity index is 1.30. The lowest BCUT2D eigenvalue weighted by molar-refractivity contribution is -0.732. The maximum Gasteiger partial charge on any atom is 0.324 e. The highest BCUT2D eigenvalue weighted by molar-refractivity contribution is 5.96. The van der Waals surface area contributed by atoms with E-state index in [1.54, 1.807) is 24.1 Å². The van der Waals surface area contributed by atoms with Crippen LogP contribution in [0.3, 0.4) is 0 Å². The van der Waals surface area contributed by atoms with Crippen molar-refractivity contribution < 1.29 is 33.9 Å². The molecule has 3 aliphatic heterocycles. The molecule has 7 rings (SSSR count). The number of phenolic OH excluding ortho intramolecular Hbond substituents is 1. The third-order valence-electron chi connectivity index (χ3n) is 13.1. The summed E-state index contributed by atoms with van der Waals surface area (Å²) in [6, 6.07) is 14.4. The van der Waals surface area contributed by atoms with Crippen LogP contribution >= 0.6 is 0 Å². The normalized spacial score (nSPS) is 20.7. The molecule has 0 saturated carbocycles. The van der Waals surface area contributed by atoms with Gasteiger partial charge in [0.15, 0.2) is 6.04 Å². The second kappa shape index (κ2) is 18.6. The van der Waals surface area contributed by atoms with E-state index in [1.165, 1.54) is 32.8 Å². The molecule has 340 valence electrons. The van der Waals surface area contributed by atoms with Crippen molar-refractivity contribution in [1.29, 1.82) is 0 Å². The van der Waals surface area contributed by atoms with Crippen LogP contribution in [0.15, 0.2) is 67.3 Å². The number of cyclic esters (lactones) is 1. The molecule has 2 fully saturated rings.